The number of rotatable bonds is 8. The number of carbonyl (C=O) groups is 1. The van der Waals surface area contributed by atoms with E-state index in [1.165, 1.54) is 39.3 Å². The smallest absolute Gasteiger partial charge is 0.416 e. The van der Waals surface area contributed by atoms with Gasteiger partial charge in [0.05, 0.1) is 46.8 Å². The zero-order chi connectivity index (χ0) is 31.0. The van der Waals surface area contributed by atoms with Crippen LogP contribution in [0.3, 0.4) is 0 Å². The number of methoxy groups -OCH3 is 2. The number of esters is 1. The van der Waals surface area contributed by atoms with E-state index in [4.69, 9.17) is 25.8 Å². The molecule has 3 aromatic rings. The van der Waals surface area contributed by atoms with E-state index in [2.05, 4.69) is 0 Å². The monoisotopic (exact) mass is 633 g/mol. The molecule has 1 aliphatic heterocycles. The maximum Gasteiger partial charge on any atom is 0.416 e. The van der Waals surface area contributed by atoms with Gasteiger partial charge in [0, 0.05) is 19.1 Å². The third kappa shape index (κ3) is 6.18. The van der Waals surface area contributed by atoms with Crippen LogP contribution in [0.5, 0.6) is 5.75 Å². The van der Waals surface area contributed by atoms with Gasteiger partial charge >= 0.3 is 12.1 Å². The first-order valence-electron chi connectivity index (χ1n) is 12.3. The molecule has 0 N–H and O–H groups in total. The molecule has 0 aliphatic carbocycles. The molecule has 0 saturated carbocycles. The fraction of sp³-hybridized carbons (Fsp3) is 0.321. The molecule has 0 saturated heterocycles. The molecule has 3 aromatic carbocycles. The van der Waals surface area contributed by atoms with Gasteiger partial charge in [-0.3, -0.25) is 9.10 Å². The Morgan fingerprint density at radius 2 is 1.81 bits per heavy atom. The normalized spacial score (nSPS) is 16.8. The molecule has 0 spiro atoms. The molecule has 0 fully saturated rings. The Kier molecular flexibility index (Phi) is 8.77. The van der Waals surface area contributed by atoms with Crippen LogP contribution in [0.15, 0.2) is 59.5 Å². The van der Waals surface area contributed by atoms with Crippen molar-refractivity contribution in [2.75, 3.05) is 31.7 Å². The number of halogens is 6. The summed E-state index contributed by atoms with van der Waals surface area (Å²) in [5.74, 6) is -2.50. The second-order valence-electron chi connectivity index (χ2n) is 9.92. The Hall–Kier alpha value is -3.42. The van der Waals surface area contributed by atoms with Crippen LogP contribution in [-0.2, 0) is 30.5 Å². The lowest BCUT2D eigenvalue weighted by Gasteiger charge is -2.38. The molecule has 0 bridgehead atoms. The lowest BCUT2D eigenvalue weighted by molar-refractivity contribution is -0.156. The zero-order valence-electron chi connectivity index (χ0n) is 22.5. The summed E-state index contributed by atoms with van der Waals surface area (Å²) >= 11 is 5.80. The topological polar surface area (TPSA) is 82.1 Å². The standard InChI is InChI=1S/C28H25ClF5NO6S/c1-27(15-39-2,26(36)40-3)13-19-14-35(42(37,38)20-6-4-5-17(10-20)28(32,33)34)23-9-16(7-8-24(23)41-19)21-11-18(30)12-22(29)25(21)31/h4-12,19H,13-15H2,1-3H3/t19-,27?/m0/s1. The van der Waals surface area contributed by atoms with Gasteiger partial charge in [-0.25, -0.2) is 17.2 Å². The number of anilines is 1. The summed E-state index contributed by atoms with van der Waals surface area (Å²) in [6, 6.07) is 8.71. The molecule has 226 valence electrons. The highest BCUT2D eigenvalue weighted by Crippen LogP contribution is 2.43. The number of carbonyl (C=O) groups excluding carboxylic acids is 1. The van der Waals surface area contributed by atoms with Crippen LogP contribution in [-0.4, -0.2) is 47.9 Å². The second-order valence-corrected chi connectivity index (χ2v) is 12.2. The average Bonchev–Trinajstić information content (AvgIpc) is 2.93. The van der Waals surface area contributed by atoms with Crippen molar-refractivity contribution in [2.45, 2.75) is 30.5 Å². The summed E-state index contributed by atoms with van der Waals surface area (Å²) < 4.78 is 114. The third-order valence-corrected chi connectivity index (χ3v) is 8.81. The predicted octanol–water partition coefficient (Wildman–Crippen LogP) is 6.48. The van der Waals surface area contributed by atoms with Crippen molar-refractivity contribution in [3.63, 3.8) is 0 Å². The maximum atomic E-state index is 14.9. The fourth-order valence-corrected chi connectivity index (χ4v) is 6.56. The summed E-state index contributed by atoms with van der Waals surface area (Å²) in [4.78, 5) is 11.9. The SMILES string of the molecule is COCC(C)(C[C@H]1CN(S(=O)(=O)c2cccc(C(F)(F)F)c2)c2cc(-c3cc(F)cc(Cl)c3F)ccc2O1)C(=O)OC. The Morgan fingerprint density at radius 1 is 1.10 bits per heavy atom. The highest BCUT2D eigenvalue weighted by atomic mass is 35.5. The Morgan fingerprint density at radius 3 is 2.45 bits per heavy atom. The number of alkyl halides is 3. The van der Waals surface area contributed by atoms with Gasteiger partial charge < -0.3 is 14.2 Å². The van der Waals surface area contributed by atoms with Crippen molar-refractivity contribution in [1.29, 1.82) is 0 Å². The Labute approximate surface area is 243 Å². The van der Waals surface area contributed by atoms with Crippen molar-refractivity contribution < 1.29 is 49.4 Å². The van der Waals surface area contributed by atoms with Crippen molar-refractivity contribution in [3.8, 4) is 16.9 Å². The Balaban J connectivity index is 1.87. The van der Waals surface area contributed by atoms with Crippen LogP contribution in [0.2, 0.25) is 5.02 Å². The molecule has 0 aromatic heterocycles. The van der Waals surface area contributed by atoms with E-state index in [-0.39, 0.29) is 35.6 Å². The summed E-state index contributed by atoms with van der Waals surface area (Å²) in [6.45, 7) is 0.982. The summed E-state index contributed by atoms with van der Waals surface area (Å²) in [5, 5.41) is -0.507. The molecule has 7 nitrogen and oxygen atoms in total. The van der Waals surface area contributed by atoms with Gasteiger partial charge in [0.1, 0.15) is 23.5 Å². The number of hydrogen-bond acceptors (Lipinski definition) is 6. The number of ether oxygens (including phenoxy) is 3. The fourth-order valence-electron chi connectivity index (χ4n) is 4.81. The number of benzene rings is 3. The molecular formula is C28H25ClF5NO6S. The van der Waals surface area contributed by atoms with Crippen LogP contribution in [0.25, 0.3) is 11.1 Å². The molecule has 14 heteroatoms. The van der Waals surface area contributed by atoms with Crippen LogP contribution in [0.4, 0.5) is 27.6 Å². The zero-order valence-corrected chi connectivity index (χ0v) is 24.0. The number of fused-ring (bicyclic) bond motifs is 1. The minimum atomic E-state index is -4.82. The number of sulfonamides is 1. The lowest BCUT2D eigenvalue weighted by atomic mass is 9.84. The molecule has 0 radical (unpaired) electrons. The minimum absolute atomic E-state index is 0.0257. The average molecular weight is 634 g/mol. The summed E-state index contributed by atoms with van der Waals surface area (Å²) in [6.07, 6.45) is -5.92. The van der Waals surface area contributed by atoms with Gasteiger partial charge in [-0.05, 0) is 55.0 Å². The van der Waals surface area contributed by atoms with E-state index in [1.807, 2.05) is 0 Å². The van der Waals surface area contributed by atoms with Gasteiger partial charge in [0.2, 0.25) is 0 Å². The number of nitrogens with zero attached hydrogens (tertiary/aromatic N) is 1. The molecular weight excluding hydrogens is 609 g/mol. The largest absolute Gasteiger partial charge is 0.486 e. The van der Waals surface area contributed by atoms with Crippen molar-refractivity contribution in [1.82, 2.24) is 0 Å². The molecule has 1 heterocycles. The van der Waals surface area contributed by atoms with Gasteiger partial charge in [0.25, 0.3) is 10.0 Å². The summed E-state index contributed by atoms with van der Waals surface area (Å²) in [7, 11) is -2.16. The first kappa shape index (κ1) is 31.5. The molecule has 4 rings (SSSR count). The Bertz CT molecular complexity index is 1620. The maximum absolute atomic E-state index is 14.9. The van der Waals surface area contributed by atoms with Crippen molar-refractivity contribution in [2.24, 2.45) is 5.41 Å². The van der Waals surface area contributed by atoms with Crippen LogP contribution in [0.1, 0.15) is 18.9 Å². The highest BCUT2D eigenvalue weighted by molar-refractivity contribution is 7.92. The van der Waals surface area contributed by atoms with Crippen molar-refractivity contribution >= 4 is 33.3 Å². The molecule has 1 aliphatic rings. The predicted molar refractivity (Wildman–Crippen MR) is 144 cm³/mol. The second kappa shape index (κ2) is 11.7. The van der Waals surface area contributed by atoms with Crippen LogP contribution in [0, 0.1) is 17.0 Å². The minimum Gasteiger partial charge on any atom is -0.486 e. The molecule has 1 unspecified atom stereocenters. The van der Waals surface area contributed by atoms with Crippen molar-refractivity contribution in [3.05, 3.63) is 76.8 Å². The lowest BCUT2D eigenvalue weighted by Crippen LogP contribution is -2.47. The quantitative estimate of drug-likeness (QED) is 0.161. The van der Waals surface area contributed by atoms with Gasteiger partial charge in [-0.1, -0.05) is 23.7 Å². The molecule has 0 amide bonds. The van der Waals surface area contributed by atoms with Crippen LogP contribution >= 0.6 is 11.6 Å². The van der Waals surface area contributed by atoms with E-state index >= 15 is 0 Å². The van der Waals surface area contributed by atoms with E-state index in [0.29, 0.717) is 6.07 Å². The van der Waals surface area contributed by atoms with Crippen LogP contribution < -0.4 is 9.04 Å². The van der Waals surface area contributed by atoms with E-state index < -0.39 is 67.3 Å². The third-order valence-electron chi connectivity index (χ3n) is 6.76. The molecule has 42 heavy (non-hydrogen) atoms. The molecule has 2 atom stereocenters. The van der Waals surface area contributed by atoms with Gasteiger partial charge in [-0.2, -0.15) is 13.2 Å². The van der Waals surface area contributed by atoms with E-state index in [0.717, 1.165) is 34.6 Å². The first-order valence-corrected chi connectivity index (χ1v) is 14.2. The summed E-state index contributed by atoms with van der Waals surface area (Å²) in [5.41, 5.74) is -2.86. The van der Waals surface area contributed by atoms with Gasteiger partial charge in [0.15, 0.2) is 0 Å². The first-order chi connectivity index (χ1) is 19.6. The van der Waals surface area contributed by atoms with E-state index in [1.54, 1.807) is 0 Å². The van der Waals surface area contributed by atoms with E-state index in [9.17, 15) is 35.2 Å². The number of hydrogen-bond donors (Lipinski definition) is 0. The van der Waals surface area contributed by atoms with Gasteiger partial charge in [-0.15, -0.1) is 0 Å². The highest BCUT2D eigenvalue weighted by Gasteiger charge is 2.43.